The third kappa shape index (κ3) is 3.50. The first-order valence-electron chi connectivity index (χ1n) is 6.46. The van der Waals surface area contributed by atoms with Crippen LogP contribution < -0.4 is 10.1 Å². The molecule has 0 aromatic heterocycles. The van der Waals surface area contributed by atoms with Gasteiger partial charge in [-0.1, -0.05) is 18.2 Å². The average Bonchev–Trinajstić information content (AvgIpc) is 2.45. The van der Waals surface area contributed by atoms with E-state index >= 15 is 0 Å². The number of ether oxygens (including phenoxy) is 1. The Morgan fingerprint density at radius 1 is 1.43 bits per heavy atom. The molecule has 2 amide bonds. The van der Waals surface area contributed by atoms with E-state index in [4.69, 9.17) is 9.84 Å². The third-order valence-electron chi connectivity index (χ3n) is 3.23. The predicted molar refractivity (Wildman–Crippen MR) is 72.8 cm³/mol. The molecule has 1 fully saturated rings. The van der Waals surface area contributed by atoms with Crippen LogP contribution in [0.2, 0.25) is 0 Å². The number of nitrogens with zero attached hydrogens (tertiary/aromatic N) is 1. The van der Waals surface area contributed by atoms with Crippen molar-refractivity contribution >= 4 is 17.8 Å². The fourth-order valence-electron chi connectivity index (χ4n) is 2.06. The molecule has 0 aliphatic carbocycles. The fourth-order valence-corrected chi connectivity index (χ4v) is 2.06. The van der Waals surface area contributed by atoms with Gasteiger partial charge in [-0.15, -0.1) is 0 Å². The highest BCUT2D eigenvalue weighted by molar-refractivity contribution is 5.91. The quantitative estimate of drug-likeness (QED) is 0.800. The Balaban J connectivity index is 2.02. The van der Waals surface area contributed by atoms with Crippen molar-refractivity contribution in [2.24, 2.45) is 0 Å². The molecule has 1 saturated heterocycles. The van der Waals surface area contributed by atoms with Crippen LogP contribution in [0, 0.1) is 6.92 Å². The van der Waals surface area contributed by atoms with Crippen LogP contribution in [0.4, 0.5) is 0 Å². The highest BCUT2D eigenvalue weighted by atomic mass is 16.5. The molecule has 0 radical (unpaired) electrons. The molecule has 2 N–H and O–H groups in total. The summed E-state index contributed by atoms with van der Waals surface area (Å²) in [5.74, 6) is -1.50. The van der Waals surface area contributed by atoms with Gasteiger partial charge in [0.25, 0.3) is 5.91 Å². The van der Waals surface area contributed by atoms with Crippen molar-refractivity contribution in [2.45, 2.75) is 13.0 Å². The number of amides is 2. The number of carbonyl (C=O) groups excluding carboxylic acids is 2. The molecule has 1 aromatic rings. The molecule has 21 heavy (non-hydrogen) atoms. The maximum atomic E-state index is 12.1. The van der Waals surface area contributed by atoms with Gasteiger partial charge in [0.05, 0.1) is 0 Å². The average molecular weight is 292 g/mol. The van der Waals surface area contributed by atoms with Gasteiger partial charge in [0.2, 0.25) is 5.91 Å². The molecule has 112 valence electrons. The number of nitrogens with one attached hydrogen (secondary N) is 1. The van der Waals surface area contributed by atoms with Gasteiger partial charge in [-0.05, 0) is 18.6 Å². The van der Waals surface area contributed by atoms with Crippen molar-refractivity contribution in [3.05, 3.63) is 29.8 Å². The highest BCUT2D eigenvalue weighted by Gasteiger charge is 2.35. The number of aryl methyl sites for hydroxylation is 1. The topological polar surface area (TPSA) is 95.9 Å². The standard InChI is InChI=1S/C14H16N2O5/c1-9-4-2-3-5-11(9)21-8-13(18)16-7-12(17)15-6-10(16)14(19)20/h2-5,10H,6-8H2,1H3,(H,15,17)(H,19,20). The van der Waals surface area contributed by atoms with Crippen molar-refractivity contribution in [3.63, 3.8) is 0 Å². The Labute approximate surface area is 121 Å². The van der Waals surface area contributed by atoms with Gasteiger partial charge >= 0.3 is 5.97 Å². The van der Waals surface area contributed by atoms with E-state index in [-0.39, 0.29) is 25.6 Å². The Bertz CT molecular complexity index is 572. The number of hydrogen-bond donors (Lipinski definition) is 2. The summed E-state index contributed by atoms with van der Waals surface area (Å²) in [6.07, 6.45) is 0. The van der Waals surface area contributed by atoms with Crippen LogP contribution in [0.25, 0.3) is 0 Å². The molecule has 0 bridgehead atoms. The Hall–Kier alpha value is -2.57. The van der Waals surface area contributed by atoms with E-state index in [9.17, 15) is 14.4 Å². The molecule has 1 aliphatic rings. The van der Waals surface area contributed by atoms with E-state index in [1.165, 1.54) is 0 Å². The van der Waals surface area contributed by atoms with Crippen LogP contribution in [0.1, 0.15) is 5.56 Å². The third-order valence-corrected chi connectivity index (χ3v) is 3.23. The minimum atomic E-state index is -1.15. The Morgan fingerprint density at radius 3 is 2.81 bits per heavy atom. The molecular formula is C14H16N2O5. The zero-order chi connectivity index (χ0) is 15.4. The van der Waals surface area contributed by atoms with Crippen molar-refractivity contribution in [1.29, 1.82) is 0 Å². The zero-order valence-corrected chi connectivity index (χ0v) is 11.5. The molecule has 7 nitrogen and oxygen atoms in total. The summed E-state index contributed by atoms with van der Waals surface area (Å²) in [6.45, 7) is 1.17. The first-order valence-corrected chi connectivity index (χ1v) is 6.46. The van der Waals surface area contributed by atoms with Gasteiger partial charge < -0.3 is 20.1 Å². The van der Waals surface area contributed by atoms with Crippen molar-refractivity contribution in [1.82, 2.24) is 10.2 Å². The number of carbonyl (C=O) groups is 3. The molecule has 0 saturated carbocycles. The highest BCUT2D eigenvalue weighted by Crippen LogP contribution is 2.16. The zero-order valence-electron chi connectivity index (χ0n) is 11.5. The number of carboxylic acid groups (broad SMARTS) is 1. The van der Waals surface area contributed by atoms with Crippen LogP contribution in [0.15, 0.2) is 24.3 Å². The van der Waals surface area contributed by atoms with Gasteiger partial charge in [0, 0.05) is 6.54 Å². The van der Waals surface area contributed by atoms with Gasteiger partial charge in [-0.25, -0.2) is 4.79 Å². The smallest absolute Gasteiger partial charge is 0.328 e. The minimum absolute atomic E-state index is 0.0930. The number of benzene rings is 1. The number of carboxylic acids is 1. The summed E-state index contributed by atoms with van der Waals surface area (Å²) in [5.41, 5.74) is 0.872. The van der Waals surface area contributed by atoms with Gasteiger partial charge in [-0.3, -0.25) is 9.59 Å². The Kier molecular flexibility index (Phi) is 4.42. The van der Waals surface area contributed by atoms with Crippen LogP contribution in [-0.2, 0) is 14.4 Å². The molecule has 1 aromatic carbocycles. The lowest BCUT2D eigenvalue weighted by Crippen LogP contribution is -2.60. The normalized spacial score (nSPS) is 18.0. The number of aliphatic carboxylic acids is 1. The van der Waals surface area contributed by atoms with Crippen molar-refractivity contribution in [3.8, 4) is 5.75 Å². The summed E-state index contributed by atoms with van der Waals surface area (Å²) in [4.78, 5) is 35.6. The first kappa shape index (κ1) is 14.8. The van der Waals surface area contributed by atoms with E-state index in [0.29, 0.717) is 5.75 Å². The molecule has 1 heterocycles. The number of piperazine rings is 1. The van der Waals surface area contributed by atoms with Crippen LogP contribution in [-0.4, -0.2) is 53.5 Å². The van der Waals surface area contributed by atoms with Crippen LogP contribution in [0.3, 0.4) is 0 Å². The lowest BCUT2D eigenvalue weighted by Gasteiger charge is -2.32. The molecule has 1 unspecified atom stereocenters. The molecule has 2 rings (SSSR count). The first-order chi connectivity index (χ1) is 9.99. The van der Waals surface area contributed by atoms with E-state index in [1.54, 1.807) is 12.1 Å². The maximum absolute atomic E-state index is 12.1. The number of para-hydroxylation sites is 1. The van der Waals surface area contributed by atoms with Gasteiger partial charge in [0.1, 0.15) is 18.3 Å². The second-order valence-electron chi connectivity index (χ2n) is 4.73. The molecule has 0 spiro atoms. The Morgan fingerprint density at radius 2 is 2.14 bits per heavy atom. The summed E-state index contributed by atoms with van der Waals surface area (Å²) >= 11 is 0. The van der Waals surface area contributed by atoms with Gasteiger partial charge in [-0.2, -0.15) is 0 Å². The second-order valence-corrected chi connectivity index (χ2v) is 4.73. The second kappa shape index (κ2) is 6.25. The SMILES string of the molecule is Cc1ccccc1OCC(=O)N1CC(=O)NCC1C(=O)O. The summed E-state index contributed by atoms with van der Waals surface area (Å²) < 4.78 is 5.40. The monoisotopic (exact) mass is 292 g/mol. The summed E-state index contributed by atoms with van der Waals surface area (Å²) in [6, 6.07) is 6.13. The number of hydrogen-bond acceptors (Lipinski definition) is 4. The largest absolute Gasteiger partial charge is 0.483 e. The summed E-state index contributed by atoms with van der Waals surface area (Å²) in [5, 5.41) is 11.5. The maximum Gasteiger partial charge on any atom is 0.328 e. The van der Waals surface area contributed by atoms with Crippen LogP contribution >= 0.6 is 0 Å². The van der Waals surface area contributed by atoms with Gasteiger partial charge in [0.15, 0.2) is 6.61 Å². The van der Waals surface area contributed by atoms with Crippen molar-refractivity contribution < 1.29 is 24.2 Å². The molecule has 7 heteroatoms. The van der Waals surface area contributed by atoms with E-state index in [0.717, 1.165) is 10.5 Å². The predicted octanol–water partition coefficient (Wildman–Crippen LogP) is -0.215. The lowest BCUT2D eigenvalue weighted by atomic mass is 10.2. The molecular weight excluding hydrogens is 276 g/mol. The molecule has 1 aliphatic heterocycles. The fraction of sp³-hybridized carbons (Fsp3) is 0.357. The van der Waals surface area contributed by atoms with E-state index < -0.39 is 17.9 Å². The van der Waals surface area contributed by atoms with E-state index in [1.807, 2.05) is 19.1 Å². The van der Waals surface area contributed by atoms with Crippen LogP contribution in [0.5, 0.6) is 5.75 Å². The lowest BCUT2D eigenvalue weighted by molar-refractivity contribution is -0.154. The minimum Gasteiger partial charge on any atom is -0.483 e. The van der Waals surface area contributed by atoms with E-state index in [2.05, 4.69) is 5.32 Å². The molecule has 1 atom stereocenters. The number of rotatable bonds is 4. The summed E-state index contributed by atoms with van der Waals surface area (Å²) in [7, 11) is 0. The van der Waals surface area contributed by atoms with Crippen molar-refractivity contribution in [2.75, 3.05) is 19.7 Å².